The SMILES string of the molecule is CCCc1nn(-c2cccc(OC)c2)c2ncnc(N/N=C/c3ccc(S(C)(=O)=O)cc3)c12. The van der Waals surface area contributed by atoms with Crippen molar-refractivity contribution < 1.29 is 13.2 Å². The molecule has 4 aromatic rings. The smallest absolute Gasteiger partial charge is 0.175 e. The van der Waals surface area contributed by atoms with E-state index in [0.717, 1.165) is 40.9 Å². The Morgan fingerprint density at radius 3 is 2.64 bits per heavy atom. The molecule has 2 aromatic carbocycles. The number of fused-ring (bicyclic) bond motifs is 1. The molecule has 0 unspecified atom stereocenters. The number of sulfone groups is 1. The highest BCUT2D eigenvalue weighted by molar-refractivity contribution is 7.90. The topological polar surface area (TPSA) is 111 Å². The average Bonchev–Trinajstić information content (AvgIpc) is 3.18. The lowest BCUT2D eigenvalue weighted by atomic mass is 10.2. The molecule has 0 fully saturated rings. The van der Waals surface area contributed by atoms with Gasteiger partial charge in [0.1, 0.15) is 12.1 Å². The average molecular weight is 465 g/mol. The molecule has 0 bridgehead atoms. The van der Waals surface area contributed by atoms with Crippen LogP contribution >= 0.6 is 0 Å². The maximum Gasteiger partial charge on any atom is 0.175 e. The summed E-state index contributed by atoms with van der Waals surface area (Å²) in [5, 5.41) is 9.88. The number of hydrazone groups is 1. The minimum atomic E-state index is -3.24. The molecule has 2 aromatic heterocycles. The molecule has 1 N–H and O–H groups in total. The third kappa shape index (κ3) is 4.85. The summed E-state index contributed by atoms with van der Waals surface area (Å²) < 4.78 is 30.4. The molecular weight excluding hydrogens is 440 g/mol. The Kier molecular flexibility index (Phi) is 6.36. The summed E-state index contributed by atoms with van der Waals surface area (Å²) in [5.74, 6) is 1.27. The first-order valence-corrected chi connectivity index (χ1v) is 12.3. The summed E-state index contributed by atoms with van der Waals surface area (Å²) in [6.45, 7) is 2.09. The second-order valence-electron chi connectivity index (χ2n) is 7.44. The highest BCUT2D eigenvalue weighted by Gasteiger charge is 2.17. The van der Waals surface area contributed by atoms with E-state index in [9.17, 15) is 8.42 Å². The van der Waals surface area contributed by atoms with E-state index in [0.29, 0.717) is 11.5 Å². The number of nitrogens with one attached hydrogen (secondary N) is 1. The zero-order valence-electron chi connectivity index (χ0n) is 18.6. The molecule has 0 saturated carbocycles. The molecular formula is C23H24N6O3S. The van der Waals surface area contributed by atoms with Crippen LogP contribution in [-0.2, 0) is 16.3 Å². The maximum absolute atomic E-state index is 11.6. The van der Waals surface area contributed by atoms with Crippen LogP contribution in [0.4, 0.5) is 5.82 Å². The van der Waals surface area contributed by atoms with E-state index in [1.807, 2.05) is 24.3 Å². The van der Waals surface area contributed by atoms with Gasteiger partial charge in [-0.2, -0.15) is 10.2 Å². The standard InChI is InChI=1S/C23H24N6O3S/c1-4-6-20-21-22(27-26-14-16-9-11-19(12-10-16)33(3,30)31)24-15-25-23(21)29(28-20)17-7-5-8-18(13-17)32-2/h5,7-15H,4,6H2,1-3H3,(H,24,25,27)/b26-14+. The van der Waals surface area contributed by atoms with Crippen molar-refractivity contribution in [3.05, 3.63) is 66.1 Å². The summed E-state index contributed by atoms with van der Waals surface area (Å²) >= 11 is 0. The van der Waals surface area contributed by atoms with Gasteiger partial charge in [-0.25, -0.2) is 23.1 Å². The summed E-state index contributed by atoms with van der Waals surface area (Å²) in [7, 11) is -1.61. The molecule has 0 aliphatic rings. The lowest BCUT2D eigenvalue weighted by molar-refractivity contribution is 0.414. The number of rotatable bonds is 8. The first-order chi connectivity index (χ1) is 15.9. The van der Waals surface area contributed by atoms with Crippen LogP contribution in [0, 0.1) is 0 Å². The minimum Gasteiger partial charge on any atom is -0.497 e. The minimum absolute atomic E-state index is 0.263. The van der Waals surface area contributed by atoms with E-state index in [-0.39, 0.29) is 4.90 Å². The number of aromatic nitrogens is 4. The fourth-order valence-electron chi connectivity index (χ4n) is 3.41. The second kappa shape index (κ2) is 9.37. The third-order valence-electron chi connectivity index (χ3n) is 5.01. The largest absolute Gasteiger partial charge is 0.497 e. The molecule has 170 valence electrons. The molecule has 4 rings (SSSR count). The van der Waals surface area contributed by atoms with Gasteiger partial charge in [-0.1, -0.05) is 31.5 Å². The molecule has 0 saturated heterocycles. The third-order valence-corrected chi connectivity index (χ3v) is 6.14. The van der Waals surface area contributed by atoms with Crippen LogP contribution in [0.5, 0.6) is 5.75 Å². The lowest BCUT2D eigenvalue weighted by Gasteiger charge is -2.06. The van der Waals surface area contributed by atoms with Crippen molar-refractivity contribution in [1.29, 1.82) is 0 Å². The Hall–Kier alpha value is -3.79. The molecule has 0 atom stereocenters. The van der Waals surface area contributed by atoms with E-state index in [2.05, 4.69) is 27.4 Å². The number of methoxy groups -OCH3 is 1. The molecule has 0 spiro atoms. The van der Waals surface area contributed by atoms with Crippen LogP contribution in [0.1, 0.15) is 24.6 Å². The van der Waals surface area contributed by atoms with Gasteiger partial charge in [0.05, 0.1) is 35.0 Å². The van der Waals surface area contributed by atoms with Gasteiger partial charge in [0.15, 0.2) is 21.3 Å². The number of aryl methyl sites for hydroxylation is 1. The van der Waals surface area contributed by atoms with E-state index in [1.165, 1.54) is 12.6 Å². The molecule has 33 heavy (non-hydrogen) atoms. The summed E-state index contributed by atoms with van der Waals surface area (Å²) in [4.78, 5) is 9.11. The van der Waals surface area contributed by atoms with Gasteiger partial charge in [-0.15, -0.1) is 0 Å². The fraction of sp³-hybridized carbons (Fsp3) is 0.217. The Labute approximate surface area is 192 Å². The zero-order valence-corrected chi connectivity index (χ0v) is 19.4. The van der Waals surface area contributed by atoms with Crippen LogP contribution in [0.25, 0.3) is 16.7 Å². The highest BCUT2D eigenvalue weighted by Crippen LogP contribution is 2.28. The van der Waals surface area contributed by atoms with Crippen molar-refractivity contribution in [2.75, 3.05) is 18.8 Å². The molecule has 2 heterocycles. The predicted octanol–water partition coefficient (Wildman–Crippen LogP) is 3.63. The number of nitrogens with zero attached hydrogens (tertiary/aromatic N) is 5. The summed E-state index contributed by atoms with van der Waals surface area (Å²) in [5.41, 5.74) is 6.10. The number of benzene rings is 2. The van der Waals surface area contributed by atoms with Crippen molar-refractivity contribution >= 4 is 32.9 Å². The highest BCUT2D eigenvalue weighted by atomic mass is 32.2. The number of hydrogen-bond acceptors (Lipinski definition) is 8. The van der Waals surface area contributed by atoms with Crippen molar-refractivity contribution in [1.82, 2.24) is 19.7 Å². The zero-order chi connectivity index (χ0) is 23.4. The molecule has 0 aliphatic carbocycles. The van der Waals surface area contributed by atoms with E-state index in [4.69, 9.17) is 9.84 Å². The van der Waals surface area contributed by atoms with Gasteiger partial charge < -0.3 is 4.74 Å². The van der Waals surface area contributed by atoms with E-state index < -0.39 is 9.84 Å². The van der Waals surface area contributed by atoms with E-state index >= 15 is 0 Å². The van der Waals surface area contributed by atoms with Crippen molar-refractivity contribution in [3.63, 3.8) is 0 Å². The summed E-state index contributed by atoms with van der Waals surface area (Å²) in [6, 6.07) is 14.1. The molecule has 0 amide bonds. The quantitative estimate of drug-likeness (QED) is 0.313. The first-order valence-electron chi connectivity index (χ1n) is 10.4. The van der Waals surface area contributed by atoms with Crippen molar-refractivity contribution in [2.24, 2.45) is 5.10 Å². The molecule has 9 nitrogen and oxygen atoms in total. The number of anilines is 1. The van der Waals surface area contributed by atoms with Gasteiger partial charge in [-0.05, 0) is 36.2 Å². The van der Waals surface area contributed by atoms with Gasteiger partial charge in [-0.3, -0.25) is 5.43 Å². The monoisotopic (exact) mass is 464 g/mol. The molecule has 0 aliphatic heterocycles. The first kappa shape index (κ1) is 22.4. The summed E-state index contributed by atoms with van der Waals surface area (Å²) in [6.07, 6.45) is 5.92. The molecule has 10 heteroatoms. The molecule has 0 radical (unpaired) electrons. The Morgan fingerprint density at radius 1 is 1.15 bits per heavy atom. The Morgan fingerprint density at radius 2 is 1.94 bits per heavy atom. The number of hydrogen-bond donors (Lipinski definition) is 1. The fourth-order valence-corrected chi connectivity index (χ4v) is 4.04. The van der Waals surface area contributed by atoms with Crippen LogP contribution in [0.15, 0.2) is 64.9 Å². The maximum atomic E-state index is 11.6. The van der Waals surface area contributed by atoms with Gasteiger partial charge in [0.2, 0.25) is 0 Å². The predicted molar refractivity (Wildman–Crippen MR) is 128 cm³/mol. The van der Waals surface area contributed by atoms with Crippen LogP contribution in [0.3, 0.4) is 0 Å². The van der Waals surface area contributed by atoms with Gasteiger partial charge >= 0.3 is 0 Å². The van der Waals surface area contributed by atoms with Gasteiger partial charge in [0.25, 0.3) is 0 Å². The number of ether oxygens (including phenoxy) is 1. The van der Waals surface area contributed by atoms with Gasteiger partial charge in [0, 0.05) is 12.3 Å². The normalized spacial score (nSPS) is 11.8. The van der Waals surface area contributed by atoms with Crippen LogP contribution in [0.2, 0.25) is 0 Å². The van der Waals surface area contributed by atoms with Crippen LogP contribution in [-0.4, -0.2) is 47.7 Å². The second-order valence-corrected chi connectivity index (χ2v) is 9.46. The Bertz CT molecular complexity index is 1410. The van der Waals surface area contributed by atoms with Crippen molar-refractivity contribution in [3.8, 4) is 11.4 Å². The lowest BCUT2D eigenvalue weighted by Crippen LogP contribution is -2.00. The van der Waals surface area contributed by atoms with E-state index in [1.54, 1.807) is 42.3 Å². The Balaban J connectivity index is 1.68. The van der Waals surface area contributed by atoms with Crippen LogP contribution < -0.4 is 10.2 Å². The van der Waals surface area contributed by atoms with Crippen molar-refractivity contribution in [2.45, 2.75) is 24.7 Å².